The van der Waals surface area contributed by atoms with Crippen molar-refractivity contribution in [3.8, 4) is 5.75 Å². The van der Waals surface area contributed by atoms with E-state index in [9.17, 15) is 8.78 Å². The molecule has 0 saturated carbocycles. The Kier molecular flexibility index (Phi) is 4.10. The molecule has 0 aliphatic carbocycles. The first kappa shape index (κ1) is 13.5. The molecule has 2 rings (SSSR count). The average molecular weight is 284 g/mol. The van der Waals surface area contributed by atoms with Crippen LogP contribution in [0.2, 0.25) is 0 Å². The fourth-order valence-corrected chi connectivity index (χ4v) is 1.77. The average Bonchev–Trinajstić information content (AvgIpc) is 2.81. The highest BCUT2D eigenvalue weighted by Gasteiger charge is 2.19. The van der Waals surface area contributed by atoms with Gasteiger partial charge in [-0.05, 0) is 36.1 Å². The first-order valence-electron chi connectivity index (χ1n) is 5.22. The summed E-state index contributed by atoms with van der Waals surface area (Å²) in [5.74, 6) is -0.376. The van der Waals surface area contributed by atoms with Gasteiger partial charge in [0.25, 0.3) is 6.43 Å². The Hall–Kier alpha value is -1.96. The summed E-state index contributed by atoms with van der Waals surface area (Å²) < 4.78 is 26.4. The van der Waals surface area contributed by atoms with Crippen LogP contribution in [0.3, 0.4) is 0 Å². The van der Waals surface area contributed by atoms with Gasteiger partial charge in [0.15, 0.2) is 0 Å². The summed E-state index contributed by atoms with van der Waals surface area (Å²) in [4.78, 5) is 0. The number of thioether (sulfide) groups is 1. The number of nitrogens with zero attached hydrogens (tertiary/aromatic N) is 4. The number of alkyl halides is 2. The lowest BCUT2D eigenvalue weighted by molar-refractivity contribution is 0.135. The van der Waals surface area contributed by atoms with Crippen LogP contribution < -0.4 is 0 Å². The van der Waals surface area contributed by atoms with Crippen LogP contribution in [-0.4, -0.2) is 32.5 Å². The Balaban J connectivity index is 2.31. The van der Waals surface area contributed by atoms with E-state index in [0.29, 0.717) is 5.56 Å². The monoisotopic (exact) mass is 284 g/mol. The Bertz CT molecular complexity index is 583. The van der Waals surface area contributed by atoms with Gasteiger partial charge in [0, 0.05) is 0 Å². The third kappa shape index (κ3) is 3.08. The lowest BCUT2D eigenvalue weighted by Crippen LogP contribution is -2.00. The van der Waals surface area contributed by atoms with E-state index < -0.39 is 12.2 Å². The minimum atomic E-state index is -2.75. The van der Waals surface area contributed by atoms with Gasteiger partial charge < -0.3 is 5.11 Å². The van der Waals surface area contributed by atoms with Crippen molar-refractivity contribution in [2.75, 3.05) is 6.26 Å². The van der Waals surface area contributed by atoms with E-state index >= 15 is 0 Å². The lowest BCUT2D eigenvalue weighted by atomic mass is 10.2. The minimum absolute atomic E-state index is 0.125. The molecule has 1 N–H and O–H groups in total. The van der Waals surface area contributed by atoms with Crippen molar-refractivity contribution in [3.63, 3.8) is 0 Å². The van der Waals surface area contributed by atoms with E-state index in [1.165, 1.54) is 30.1 Å². The highest BCUT2D eigenvalue weighted by Crippen LogP contribution is 2.21. The van der Waals surface area contributed by atoms with Gasteiger partial charge in [0.1, 0.15) is 5.75 Å². The van der Waals surface area contributed by atoms with Crippen LogP contribution >= 0.6 is 11.8 Å². The molecule has 1 heterocycles. The van der Waals surface area contributed by atoms with Crippen molar-refractivity contribution in [3.05, 3.63) is 35.7 Å². The molecule has 2 aromatic rings. The molecule has 0 bridgehead atoms. The fourth-order valence-electron chi connectivity index (χ4n) is 1.33. The van der Waals surface area contributed by atoms with Crippen LogP contribution in [0.15, 0.2) is 34.5 Å². The maximum absolute atomic E-state index is 12.7. The summed E-state index contributed by atoms with van der Waals surface area (Å²) in [6.45, 7) is 0. The molecule has 8 heteroatoms. The second kappa shape index (κ2) is 5.79. The number of halogens is 2. The molecule has 100 valence electrons. The van der Waals surface area contributed by atoms with Crippen LogP contribution in [0.1, 0.15) is 17.8 Å². The summed E-state index contributed by atoms with van der Waals surface area (Å²) in [7, 11) is 0. The lowest BCUT2D eigenvalue weighted by Gasteiger charge is -2.01. The van der Waals surface area contributed by atoms with Crippen LogP contribution in [0.4, 0.5) is 8.78 Å². The van der Waals surface area contributed by atoms with E-state index in [-0.39, 0.29) is 10.9 Å². The maximum atomic E-state index is 12.7. The van der Waals surface area contributed by atoms with Gasteiger partial charge in [0.05, 0.1) is 6.21 Å². The number of aromatic nitrogens is 3. The standard InChI is InChI=1S/C11H10F2N4OS/c1-19-11-16-15-10(9(12)13)17(11)14-6-7-2-4-8(18)5-3-7/h2-6,9,18H,1H3/b14-6-. The normalized spacial score (nSPS) is 11.6. The van der Waals surface area contributed by atoms with Crippen molar-refractivity contribution in [2.45, 2.75) is 11.6 Å². The number of rotatable bonds is 4. The highest BCUT2D eigenvalue weighted by molar-refractivity contribution is 7.98. The van der Waals surface area contributed by atoms with Crippen molar-refractivity contribution in [1.29, 1.82) is 0 Å². The van der Waals surface area contributed by atoms with Crippen LogP contribution in [0, 0.1) is 0 Å². The van der Waals surface area contributed by atoms with Gasteiger partial charge in [0.2, 0.25) is 11.0 Å². The fraction of sp³-hybridized carbons (Fsp3) is 0.182. The molecule has 0 fully saturated rings. The third-order valence-corrected chi connectivity index (χ3v) is 2.85. The molecule has 0 aliphatic rings. The predicted octanol–water partition coefficient (Wildman–Crippen LogP) is 2.53. The van der Waals surface area contributed by atoms with Gasteiger partial charge in [-0.3, -0.25) is 0 Å². The number of phenols is 1. The molecule has 19 heavy (non-hydrogen) atoms. The molecule has 5 nitrogen and oxygen atoms in total. The smallest absolute Gasteiger partial charge is 0.299 e. The molecular formula is C11H10F2N4OS. The summed E-state index contributed by atoms with van der Waals surface area (Å²) in [6, 6.07) is 6.20. The molecule has 1 aromatic carbocycles. The SMILES string of the molecule is CSc1nnc(C(F)F)n1/N=C\c1ccc(O)cc1. The zero-order valence-corrected chi connectivity index (χ0v) is 10.7. The van der Waals surface area contributed by atoms with Crippen LogP contribution in [-0.2, 0) is 0 Å². The van der Waals surface area contributed by atoms with E-state index in [2.05, 4.69) is 15.3 Å². The Morgan fingerprint density at radius 1 is 1.32 bits per heavy atom. The third-order valence-electron chi connectivity index (χ3n) is 2.23. The molecule has 0 amide bonds. The molecule has 0 unspecified atom stereocenters. The van der Waals surface area contributed by atoms with Crippen molar-refractivity contribution < 1.29 is 13.9 Å². The van der Waals surface area contributed by atoms with Gasteiger partial charge in [-0.2, -0.15) is 9.78 Å². The zero-order valence-electron chi connectivity index (χ0n) is 9.86. The minimum Gasteiger partial charge on any atom is -0.508 e. The molecular weight excluding hydrogens is 274 g/mol. The molecule has 0 spiro atoms. The van der Waals surface area contributed by atoms with Crippen LogP contribution in [0.25, 0.3) is 0 Å². The van der Waals surface area contributed by atoms with Gasteiger partial charge >= 0.3 is 0 Å². The van der Waals surface area contributed by atoms with Crippen molar-refractivity contribution in [2.24, 2.45) is 5.10 Å². The van der Waals surface area contributed by atoms with E-state index in [4.69, 9.17) is 5.11 Å². The summed E-state index contributed by atoms with van der Waals surface area (Å²) in [5, 5.41) is 20.4. The maximum Gasteiger partial charge on any atom is 0.299 e. The number of hydrogen-bond donors (Lipinski definition) is 1. The van der Waals surface area contributed by atoms with Crippen LogP contribution in [0.5, 0.6) is 5.75 Å². The molecule has 0 atom stereocenters. The summed E-state index contributed by atoms with van der Waals surface area (Å²) in [5.41, 5.74) is 0.666. The number of hydrogen-bond acceptors (Lipinski definition) is 5. The van der Waals surface area contributed by atoms with Gasteiger partial charge in [-0.1, -0.05) is 11.8 Å². The van der Waals surface area contributed by atoms with Crippen molar-refractivity contribution >= 4 is 18.0 Å². The summed E-state index contributed by atoms with van der Waals surface area (Å²) in [6.07, 6.45) is 0.352. The van der Waals surface area contributed by atoms with Gasteiger partial charge in [-0.25, -0.2) is 8.78 Å². The molecule has 0 saturated heterocycles. The molecule has 0 aliphatic heterocycles. The second-order valence-corrected chi connectivity index (χ2v) is 4.27. The highest BCUT2D eigenvalue weighted by atomic mass is 32.2. The Morgan fingerprint density at radius 2 is 2.00 bits per heavy atom. The number of phenolic OH excluding ortho intramolecular Hbond substituents is 1. The van der Waals surface area contributed by atoms with E-state index in [1.54, 1.807) is 18.4 Å². The first-order valence-corrected chi connectivity index (χ1v) is 6.45. The van der Waals surface area contributed by atoms with E-state index in [1.807, 2.05) is 0 Å². The zero-order chi connectivity index (χ0) is 13.8. The summed E-state index contributed by atoms with van der Waals surface area (Å²) >= 11 is 1.17. The second-order valence-electron chi connectivity index (χ2n) is 3.49. The largest absolute Gasteiger partial charge is 0.508 e. The molecule has 0 radical (unpaired) electrons. The predicted molar refractivity (Wildman–Crippen MR) is 67.9 cm³/mol. The number of benzene rings is 1. The van der Waals surface area contributed by atoms with E-state index in [0.717, 1.165) is 4.68 Å². The Morgan fingerprint density at radius 3 is 2.58 bits per heavy atom. The number of aromatic hydroxyl groups is 1. The molecule has 1 aromatic heterocycles. The Labute approximate surface area is 112 Å². The van der Waals surface area contributed by atoms with Gasteiger partial charge in [-0.15, -0.1) is 10.2 Å². The topological polar surface area (TPSA) is 63.3 Å². The van der Waals surface area contributed by atoms with Crippen molar-refractivity contribution in [1.82, 2.24) is 14.9 Å². The quantitative estimate of drug-likeness (QED) is 0.692. The first-order chi connectivity index (χ1) is 9.11.